The average molecular weight is 262 g/mol. The minimum absolute atomic E-state index is 0.533. The van der Waals surface area contributed by atoms with E-state index in [1.54, 1.807) is 0 Å². The fourth-order valence-corrected chi connectivity index (χ4v) is 1.92. The molecule has 0 aliphatic carbocycles. The van der Waals surface area contributed by atoms with Gasteiger partial charge in [-0.3, -0.25) is 0 Å². The van der Waals surface area contributed by atoms with E-state index in [0.29, 0.717) is 17.7 Å². The number of fused-ring (bicyclic) bond motifs is 1. The zero-order valence-electron chi connectivity index (χ0n) is 11.8. The van der Waals surface area contributed by atoms with Gasteiger partial charge in [0.05, 0.1) is 5.69 Å². The first-order valence-electron chi connectivity index (χ1n) is 6.71. The van der Waals surface area contributed by atoms with Crippen LogP contribution in [0.25, 0.3) is 11.1 Å². The Balaban J connectivity index is 1.93. The number of benzene rings is 1. The van der Waals surface area contributed by atoms with E-state index in [4.69, 9.17) is 10.2 Å². The second kappa shape index (κ2) is 5.93. The van der Waals surface area contributed by atoms with Gasteiger partial charge in [-0.1, -0.05) is 13.0 Å². The Morgan fingerprint density at radius 2 is 2.26 bits per heavy atom. The molecule has 0 radical (unpaired) electrons. The summed E-state index contributed by atoms with van der Waals surface area (Å²) in [5.41, 5.74) is 7.93. The van der Waals surface area contributed by atoms with Crippen molar-refractivity contribution < 1.29 is 4.42 Å². The van der Waals surface area contributed by atoms with Crippen molar-refractivity contribution in [1.82, 2.24) is 9.88 Å². The zero-order chi connectivity index (χ0) is 13.8. The molecule has 5 heteroatoms. The second-order valence-electron chi connectivity index (χ2n) is 4.88. The number of hydrogen-bond donors (Lipinski definition) is 2. The van der Waals surface area contributed by atoms with E-state index in [0.717, 1.165) is 30.6 Å². The first-order valence-corrected chi connectivity index (χ1v) is 6.71. The van der Waals surface area contributed by atoms with Crippen LogP contribution in [-0.2, 0) is 0 Å². The Bertz CT molecular complexity index is 537. The minimum atomic E-state index is 0.533. The second-order valence-corrected chi connectivity index (χ2v) is 4.88. The van der Waals surface area contributed by atoms with Crippen LogP contribution >= 0.6 is 0 Å². The largest absolute Gasteiger partial charge is 0.423 e. The summed E-state index contributed by atoms with van der Waals surface area (Å²) >= 11 is 0. The summed E-state index contributed by atoms with van der Waals surface area (Å²) in [5.74, 6) is 0. The van der Waals surface area contributed by atoms with Crippen LogP contribution in [0.3, 0.4) is 0 Å². The molecular formula is C14H22N4O. The summed E-state index contributed by atoms with van der Waals surface area (Å²) in [4.78, 5) is 6.66. The van der Waals surface area contributed by atoms with Crippen LogP contribution in [0.4, 0.5) is 11.7 Å². The van der Waals surface area contributed by atoms with Crippen molar-refractivity contribution in [3.05, 3.63) is 18.2 Å². The molecule has 1 atom stereocenters. The SMILES string of the molecule is CCC(C)N(C)CCNc1nc2c(N)cccc2o1. The lowest BCUT2D eigenvalue weighted by molar-refractivity contribution is 0.261. The van der Waals surface area contributed by atoms with Crippen LogP contribution in [0.2, 0.25) is 0 Å². The number of likely N-dealkylation sites (N-methyl/N-ethyl adjacent to an activating group) is 1. The lowest BCUT2D eigenvalue weighted by Gasteiger charge is -2.23. The maximum absolute atomic E-state index is 5.85. The Hall–Kier alpha value is -1.75. The number of nitrogens with one attached hydrogen (secondary N) is 1. The molecule has 0 saturated heterocycles. The molecule has 3 N–H and O–H groups in total. The molecule has 1 aromatic heterocycles. The van der Waals surface area contributed by atoms with Crippen molar-refractivity contribution in [3.8, 4) is 0 Å². The first kappa shape index (κ1) is 13.7. The predicted octanol–water partition coefficient (Wildman–Crippen LogP) is 2.55. The normalized spacial score (nSPS) is 13.1. The summed E-state index contributed by atoms with van der Waals surface area (Å²) in [5, 5.41) is 3.20. The van der Waals surface area contributed by atoms with Gasteiger partial charge in [0.1, 0.15) is 5.52 Å². The first-order chi connectivity index (χ1) is 9.11. The van der Waals surface area contributed by atoms with E-state index in [9.17, 15) is 0 Å². The molecule has 0 aliphatic heterocycles. The number of aromatic nitrogens is 1. The van der Waals surface area contributed by atoms with Gasteiger partial charge in [-0.15, -0.1) is 0 Å². The third kappa shape index (κ3) is 3.17. The summed E-state index contributed by atoms with van der Waals surface area (Å²) in [6, 6.07) is 6.68. The van der Waals surface area contributed by atoms with Gasteiger partial charge in [-0.05, 0) is 32.5 Å². The highest BCUT2D eigenvalue weighted by molar-refractivity contribution is 5.86. The number of rotatable bonds is 6. The zero-order valence-corrected chi connectivity index (χ0v) is 11.8. The Morgan fingerprint density at radius 3 is 2.95 bits per heavy atom. The fraction of sp³-hybridized carbons (Fsp3) is 0.500. The number of oxazole rings is 1. The molecule has 1 heterocycles. The van der Waals surface area contributed by atoms with E-state index < -0.39 is 0 Å². The maximum atomic E-state index is 5.85. The third-order valence-electron chi connectivity index (χ3n) is 3.53. The molecule has 0 saturated carbocycles. The van der Waals surface area contributed by atoms with E-state index in [1.165, 1.54) is 0 Å². The molecular weight excluding hydrogens is 240 g/mol. The maximum Gasteiger partial charge on any atom is 0.295 e. The van der Waals surface area contributed by atoms with Crippen molar-refractivity contribution >= 4 is 22.8 Å². The van der Waals surface area contributed by atoms with Crippen molar-refractivity contribution in [1.29, 1.82) is 0 Å². The molecule has 19 heavy (non-hydrogen) atoms. The fourth-order valence-electron chi connectivity index (χ4n) is 1.92. The summed E-state index contributed by atoms with van der Waals surface area (Å²) in [7, 11) is 2.12. The number of hydrogen-bond acceptors (Lipinski definition) is 5. The molecule has 0 amide bonds. The van der Waals surface area contributed by atoms with Gasteiger partial charge in [0.15, 0.2) is 5.58 Å². The van der Waals surface area contributed by atoms with Crippen molar-refractivity contribution in [2.24, 2.45) is 0 Å². The molecule has 0 spiro atoms. The monoisotopic (exact) mass is 262 g/mol. The van der Waals surface area contributed by atoms with E-state index in [1.807, 2.05) is 18.2 Å². The van der Waals surface area contributed by atoms with Crippen molar-refractivity contribution in [2.45, 2.75) is 26.3 Å². The van der Waals surface area contributed by atoms with E-state index in [2.05, 4.69) is 36.1 Å². The summed E-state index contributed by atoms with van der Waals surface area (Å²) < 4.78 is 5.60. The minimum Gasteiger partial charge on any atom is -0.423 e. The number of nitrogens with two attached hydrogens (primary N) is 1. The van der Waals surface area contributed by atoms with Gasteiger partial charge in [0, 0.05) is 19.1 Å². The van der Waals surface area contributed by atoms with Gasteiger partial charge in [-0.2, -0.15) is 4.98 Å². The molecule has 0 bridgehead atoms. The highest BCUT2D eigenvalue weighted by Gasteiger charge is 2.09. The molecule has 0 fully saturated rings. The van der Waals surface area contributed by atoms with Crippen molar-refractivity contribution in [3.63, 3.8) is 0 Å². The van der Waals surface area contributed by atoms with Crippen molar-refractivity contribution in [2.75, 3.05) is 31.2 Å². The highest BCUT2D eigenvalue weighted by Crippen LogP contribution is 2.23. The molecule has 2 aromatic rings. The molecule has 2 rings (SSSR count). The van der Waals surface area contributed by atoms with E-state index in [-0.39, 0.29) is 0 Å². The Kier molecular flexibility index (Phi) is 4.27. The molecule has 0 aliphatic rings. The number of anilines is 2. The highest BCUT2D eigenvalue weighted by atomic mass is 16.4. The summed E-state index contributed by atoms with van der Waals surface area (Å²) in [6.45, 7) is 6.16. The predicted molar refractivity (Wildman–Crippen MR) is 79.3 cm³/mol. The smallest absolute Gasteiger partial charge is 0.295 e. The molecule has 104 valence electrons. The lowest BCUT2D eigenvalue weighted by atomic mass is 10.2. The molecule has 5 nitrogen and oxygen atoms in total. The van der Waals surface area contributed by atoms with E-state index >= 15 is 0 Å². The van der Waals surface area contributed by atoms with Crippen LogP contribution in [0.5, 0.6) is 0 Å². The molecule has 1 unspecified atom stereocenters. The average Bonchev–Trinajstić information content (AvgIpc) is 2.82. The van der Waals surface area contributed by atoms with Crippen LogP contribution in [0, 0.1) is 0 Å². The van der Waals surface area contributed by atoms with Crippen LogP contribution in [0.1, 0.15) is 20.3 Å². The topological polar surface area (TPSA) is 67.3 Å². The van der Waals surface area contributed by atoms with Gasteiger partial charge < -0.3 is 20.4 Å². The van der Waals surface area contributed by atoms with Gasteiger partial charge >= 0.3 is 0 Å². The quantitative estimate of drug-likeness (QED) is 0.783. The summed E-state index contributed by atoms with van der Waals surface area (Å²) in [6.07, 6.45) is 1.15. The number of nitrogen functional groups attached to an aromatic ring is 1. The lowest BCUT2D eigenvalue weighted by Crippen LogP contribution is -2.32. The standard InChI is InChI=1S/C14H22N4O/c1-4-10(2)18(3)9-8-16-14-17-13-11(15)6-5-7-12(13)19-14/h5-7,10H,4,8-9,15H2,1-3H3,(H,16,17). The molecule has 1 aromatic carbocycles. The number of nitrogens with zero attached hydrogens (tertiary/aromatic N) is 2. The van der Waals surface area contributed by atoms with Gasteiger partial charge in [0.2, 0.25) is 0 Å². The van der Waals surface area contributed by atoms with Gasteiger partial charge in [-0.25, -0.2) is 0 Å². The Morgan fingerprint density at radius 1 is 1.47 bits per heavy atom. The van der Waals surface area contributed by atoms with Gasteiger partial charge in [0.25, 0.3) is 6.01 Å². The number of para-hydroxylation sites is 1. The van der Waals surface area contributed by atoms with Crippen LogP contribution in [0.15, 0.2) is 22.6 Å². The Labute approximate surface area is 113 Å². The third-order valence-corrected chi connectivity index (χ3v) is 3.53. The van der Waals surface area contributed by atoms with Crippen LogP contribution in [-0.4, -0.2) is 36.1 Å². The van der Waals surface area contributed by atoms with Crippen LogP contribution < -0.4 is 11.1 Å².